The van der Waals surface area contributed by atoms with Crippen LogP contribution in [-0.2, 0) is 0 Å². The van der Waals surface area contributed by atoms with E-state index in [0.29, 0.717) is 17.7 Å². The highest BCUT2D eigenvalue weighted by Gasteiger charge is 2.42. The predicted molar refractivity (Wildman–Crippen MR) is 79.0 cm³/mol. The first-order valence-electron chi connectivity index (χ1n) is 6.83. The van der Waals surface area contributed by atoms with Gasteiger partial charge in [-0.1, -0.05) is 38.5 Å². The number of nitrogens with one attached hydrogen (secondary N) is 2. The van der Waals surface area contributed by atoms with Crippen molar-refractivity contribution in [2.75, 3.05) is 7.05 Å². The Morgan fingerprint density at radius 2 is 2.33 bits per heavy atom. The van der Waals surface area contributed by atoms with E-state index in [9.17, 15) is 0 Å². The average Bonchev–Trinajstić information content (AvgIpc) is 2.49. The molecule has 0 spiro atoms. The van der Waals surface area contributed by atoms with Crippen LogP contribution in [0.2, 0.25) is 0 Å². The Hall–Kier alpha value is -0.930. The molecule has 0 aromatic rings. The molecule has 0 bridgehead atoms. The summed E-state index contributed by atoms with van der Waals surface area (Å²) in [5.74, 6) is 0.420. The highest BCUT2D eigenvalue weighted by atomic mass is 14.9. The van der Waals surface area contributed by atoms with Crippen LogP contribution in [0.1, 0.15) is 33.6 Å². The summed E-state index contributed by atoms with van der Waals surface area (Å²) in [7, 11) is 1.97. The van der Waals surface area contributed by atoms with E-state index < -0.39 is 0 Å². The first kappa shape index (κ1) is 15.1. The monoisotopic (exact) mass is 249 g/mol. The summed E-state index contributed by atoms with van der Waals surface area (Å²) in [6.45, 7) is 6.31. The van der Waals surface area contributed by atoms with Crippen LogP contribution < -0.4 is 11.1 Å². The number of hydrogen-bond acceptors (Lipinski definition) is 3. The summed E-state index contributed by atoms with van der Waals surface area (Å²) < 4.78 is 0. The maximum Gasteiger partial charge on any atom is 0.0391 e. The zero-order valence-corrected chi connectivity index (χ0v) is 12.0. The number of nitrogens with two attached hydrogens (primary N) is 1. The summed E-state index contributed by atoms with van der Waals surface area (Å²) in [5.41, 5.74) is 6.70. The van der Waals surface area contributed by atoms with Crippen molar-refractivity contribution in [3.8, 4) is 0 Å². The molecule has 4 atom stereocenters. The van der Waals surface area contributed by atoms with Crippen LogP contribution in [0.15, 0.2) is 24.3 Å². The number of likely N-dealkylation sites (N-methyl/N-ethyl adjacent to an activating group) is 1. The van der Waals surface area contributed by atoms with Gasteiger partial charge in [-0.15, -0.1) is 0 Å². The first-order valence-corrected chi connectivity index (χ1v) is 6.83. The maximum atomic E-state index is 8.36. The molecule has 18 heavy (non-hydrogen) atoms. The third-order valence-electron chi connectivity index (χ3n) is 4.42. The van der Waals surface area contributed by atoms with E-state index in [2.05, 4.69) is 25.2 Å². The topological polar surface area (TPSA) is 61.9 Å². The van der Waals surface area contributed by atoms with Gasteiger partial charge >= 0.3 is 0 Å². The fourth-order valence-electron chi connectivity index (χ4n) is 2.91. The Kier molecular flexibility index (Phi) is 5.29. The maximum absolute atomic E-state index is 8.36. The second kappa shape index (κ2) is 6.30. The van der Waals surface area contributed by atoms with Gasteiger partial charge in [0, 0.05) is 23.2 Å². The summed E-state index contributed by atoms with van der Waals surface area (Å²) in [4.78, 5) is 0. The van der Waals surface area contributed by atoms with E-state index >= 15 is 0 Å². The molecule has 0 aromatic carbocycles. The van der Waals surface area contributed by atoms with Crippen LogP contribution in [0.25, 0.3) is 0 Å². The molecule has 0 fully saturated rings. The molecule has 0 radical (unpaired) electrons. The van der Waals surface area contributed by atoms with Crippen molar-refractivity contribution in [1.82, 2.24) is 5.32 Å². The molecule has 1 aliphatic rings. The van der Waals surface area contributed by atoms with Crippen LogP contribution in [0, 0.1) is 16.7 Å². The van der Waals surface area contributed by atoms with Crippen molar-refractivity contribution in [1.29, 1.82) is 5.41 Å². The zero-order valence-electron chi connectivity index (χ0n) is 12.0. The van der Waals surface area contributed by atoms with E-state index in [4.69, 9.17) is 11.1 Å². The number of hydrogen-bond donors (Lipinski definition) is 3. The molecule has 0 saturated heterocycles. The van der Waals surface area contributed by atoms with Crippen molar-refractivity contribution in [2.45, 2.75) is 45.7 Å². The molecular formula is C15H27N3. The van der Waals surface area contributed by atoms with Gasteiger partial charge in [0.15, 0.2) is 0 Å². The second-order valence-corrected chi connectivity index (χ2v) is 5.34. The summed E-state index contributed by atoms with van der Waals surface area (Å²) in [5, 5.41) is 11.7. The van der Waals surface area contributed by atoms with Crippen LogP contribution in [0.4, 0.5) is 0 Å². The van der Waals surface area contributed by atoms with Crippen molar-refractivity contribution < 1.29 is 0 Å². The Labute approximate surface area is 111 Å². The lowest BCUT2D eigenvalue weighted by atomic mass is 9.66. The number of allylic oxidation sites excluding steroid dienone is 2. The molecule has 3 nitrogen and oxygen atoms in total. The fourth-order valence-corrected chi connectivity index (χ4v) is 2.91. The highest BCUT2D eigenvalue weighted by Crippen LogP contribution is 2.40. The minimum Gasteiger partial charge on any atom is -0.324 e. The minimum absolute atomic E-state index is 0.0970. The van der Waals surface area contributed by atoms with Gasteiger partial charge in [0.05, 0.1) is 0 Å². The quantitative estimate of drug-likeness (QED) is 0.670. The van der Waals surface area contributed by atoms with E-state index in [1.807, 2.05) is 32.2 Å². The molecule has 3 unspecified atom stereocenters. The SMILES string of the molecule is C/C=C\C(N)[C@]1(C)C(=N)C=CC(NC)CC1CC. The largest absolute Gasteiger partial charge is 0.324 e. The van der Waals surface area contributed by atoms with Crippen LogP contribution in [-0.4, -0.2) is 24.8 Å². The highest BCUT2D eigenvalue weighted by molar-refractivity contribution is 5.98. The van der Waals surface area contributed by atoms with Crippen LogP contribution in [0.3, 0.4) is 0 Å². The molecule has 3 heteroatoms. The molecule has 0 saturated carbocycles. The standard InChI is InChI=1S/C15H27N3/c1-5-7-13(16)15(3)11(6-2)10-12(18-4)8-9-14(15)17/h5,7-9,11-13,17-18H,6,10,16H2,1-4H3/b7-5-,17-14?/t11?,12?,13?,15-/m1/s1. The van der Waals surface area contributed by atoms with Crippen molar-refractivity contribution in [2.24, 2.45) is 17.1 Å². The van der Waals surface area contributed by atoms with Gasteiger partial charge in [-0.2, -0.15) is 0 Å². The average molecular weight is 249 g/mol. The second-order valence-electron chi connectivity index (χ2n) is 5.34. The fraction of sp³-hybridized carbons (Fsp3) is 0.667. The minimum atomic E-state index is -0.274. The summed E-state index contributed by atoms with van der Waals surface area (Å²) in [6.07, 6.45) is 10.1. The van der Waals surface area contributed by atoms with E-state index in [0.717, 1.165) is 12.8 Å². The Morgan fingerprint density at radius 3 is 2.83 bits per heavy atom. The molecular weight excluding hydrogens is 222 g/mol. The molecule has 0 amide bonds. The third kappa shape index (κ3) is 2.73. The predicted octanol–water partition coefficient (Wildman–Crippen LogP) is 2.49. The van der Waals surface area contributed by atoms with Gasteiger partial charge < -0.3 is 16.5 Å². The van der Waals surface area contributed by atoms with Crippen LogP contribution in [0.5, 0.6) is 0 Å². The van der Waals surface area contributed by atoms with Crippen molar-refractivity contribution in [3.63, 3.8) is 0 Å². The molecule has 0 aliphatic heterocycles. The Morgan fingerprint density at radius 1 is 1.67 bits per heavy atom. The van der Waals surface area contributed by atoms with Gasteiger partial charge in [-0.3, -0.25) is 0 Å². The lowest BCUT2D eigenvalue weighted by Gasteiger charge is -2.40. The van der Waals surface area contributed by atoms with Gasteiger partial charge in [0.25, 0.3) is 0 Å². The van der Waals surface area contributed by atoms with Gasteiger partial charge in [0.1, 0.15) is 0 Å². The lowest BCUT2D eigenvalue weighted by Crippen LogP contribution is -2.49. The normalized spacial score (nSPS) is 34.8. The van der Waals surface area contributed by atoms with Gasteiger partial charge in [-0.05, 0) is 32.4 Å². The third-order valence-corrected chi connectivity index (χ3v) is 4.42. The Balaban J connectivity index is 3.12. The smallest absolute Gasteiger partial charge is 0.0391 e. The van der Waals surface area contributed by atoms with Gasteiger partial charge in [-0.25, -0.2) is 0 Å². The lowest BCUT2D eigenvalue weighted by molar-refractivity contribution is 0.226. The molecule has 0 heterocycles. The van der Waals surface area contributed by atoms with E-state index in [1.165, 1.54) is 0 Å². The van der Waals surface area contributed by atoms with Crippen LogP contribution >= 0.6 is 0 Å². The van der Waals surface area contributed by atoms with E-state index in [1.54, 1.807) is 0 Å². The first-order chi connectivity index (χ1) is 8.50. The van der Waals surface area contributed by atoms with E-state index in [-0.39, 0.29) is 11.5 Å². The van der Waals surface area contributed by atoms with Crippen molar-refractivity contribution in [3.05, 3.63) is 24.3 Å². The molecule has 0 aromatic heterocycles. The number of rotatable bonds is 4. The summed E-state index contributed by atoms with van der Waals surface area (Å²) in [6, 6.07) is 0.245. The van der Waals surface area contributed by atoms with Gasteiger partial charge in [0.2, 0.25) is 0 Å². The van der Waals surface area contributed by atoms with Crippen molar-refractivity contribution >= 4 is 5.71 Å². The summed E-state index contributed by atoms with van der Waals surface area (Å²) >= 11 is 0. The molecule has 102 valence electrons. The molecule has 1 aliphatic carbocycles. The Bertz CT molecular complexity index is 346. The zero-order chi connectivity index (χ0) is 13.8. The molecule has 4 N–H and O–H groups in total. The molecule has 1 rings (SSSR count).